The van der Waals surface area contributed by atoms with Crippen LogP contribution in [0.2, 0.25) is 0 Å². The normalized spacial score (nSPS) is 17.1. The van der Waals surface area contributed by atoms with Crippen LogP contribution in [0.5, 0.6) is 11.5 Å². The molecule has 0 radical (unpaired) electrons. The van der Waals surface area contributed by atoms with Crippen LogP contribution in [0.1, 0.15) is 35.2 Å². The lowest BCUT2D eigenvalue weighted by Gasteiger charge is -2.21. The van der Waals surface area contributed by atoms with Crippen molar-refractivity contribution in [2.75, 3.05) is 14.2 Å². The third-order valence-corrected chi connectivity index (χ3v) is 4.59. The van der Waals surface area contributed by atoms with Crippen molar-refractivity contribution >= 4 is 11.4 Å². The van der Waals surface area contributed by atoms with Gasteiger partial charge in [-0.25, -0.2) is 0 Å². The lowest BCUT2D eigenvalue weighted by molar-refractivity contribution is 0.0913. The number of ketones is 1. The van der Waals surface area contributed by atoms with Crippen molar-refractivity contribution in [3.63, 3.8) is 0 Å². The van der Waals surface area contributed by atoms with Crippen LogP contribution in [0.4, 0.5) is 0 Å². The first-order valence-corrected chi connectivity index (χ1v) is 8.23. The minimum atomic E-state index is 0.0376. The largest absolute Gasteiger partial charge is 0.493 e. The van der Waals surface area contributed by atoms with Crippen LogP contribution >= 0.6 is 0 Å². The van der Waals surface area contributed by atoms with Crippen LogP contribution in [-0.2, 0) is 0 Å². The van der Waals surface area contributed by atoms with Gasteiger partial charge in [-0.15, -0.1) is 0 Å². The number of benzene rings is 2. The van der Waals surface area contributed by atoms with Crippen LogP contribution in [0.3, 0.4) is 0 Å². The first-order valence-electron chi connectivity index (χ1n) is 8.23. The molecule has 124 valence electrons. The van der Waals surface area contributed by atoms with E-state index in [2.05, 4.69) is 30.3 Å². The molecule has 0 bridgehead atoms. The van der Waals surface area contributed by atoms with Crippen LogP contribution in [0.25, 0.3) is 5.57 Å². The molecule has 1 aliphatic carbocycles. The third kappa shape index (κ3) is 3.35. The summed E-state index contributed by atoms with van der Waals surface area (Å²) in [5.41, 5.74) is 3.29. The van der Waals surface area contributed by atoms with Gasteiger partial charge in [0.2, 0.25) is 0 Å². The Kier molecular flexibility index (Phi) is 4.99. The Morgan fingerprint density at radius 3 is 2.38 bits per heavy atom. The molecular formula is C21H22O3. The molecule has 3 heteroatoms. The number of hydrogen-bond donors (Lipinski definition) is 0. The molecule has 0 aromatic heterocycles. The quantitative estimate of drug-likeness (QED) is 0.744. The molecular weight excluding hydrogens is 300 g/mol. The van der Waals surface area contributed by atoms with Crippen molar-refractivity contribution in [2.45, 2.75) is 19.3 Å². The number of methoxy groups -OCH3 is 2. The number of ether oxygens (including phenoxy) is 2. The Bertz CT molecular complexity index is 747. The lowest BCUT2D eigenvalue weighted by Crippen LogP contribution is -2.17. The fourth-order valence-electron chi connectivity index (χ4n) is 3.21. The Balaban J connectivity index is 1.74. The summed E-state index contributed by atoms with van der Waals surface area (Å²) in [7, 11) is 3.18. The molecule has 0 saturated carbocycles. The summed E-state index contributed by atoms with van der Waals surface area (Å²) >= 11 is 0. The van der Waals surface area contributed by atoms with Gasteiger partial charge in [-0.05, 0) is 48.6 Å². The highest BCUT2D eigenvalue weighted by atomic mass is 16.5. The van der Waals surface area contributed by atoms with Crippen molar-refractivity contribution < 1.29 is 14.3 Å². The number of hydrogen-bond acceptors (Lipinski definition) is 3. The zero-order valence-electron chi connectivity index (χ0n) is 14.1. The zero-order valence-corrected chi connectivity index (χ0v) is 14.1. The molecule has 0 aliphatic heterocycles. The molecule has 3 nitrogen and oxygen atoms in total. The number of allylic oxidation sites excluding steroid dienone is 2. The first-order chi connectivity index (χ1) is 11.7. The fourth-order valence-corrected chi connectivity index (χ4v) is 3.21. The summed E-state index contributed by atoms with van der Waals surface area (Å²) in [6.45, 7) is 0. The average Bonchev–Trinajstić information content (AvgIpc) is 2.67. The van der Waals surface area contributed by atoms with E-state index in [9.17, 15) is 4.79 Å². The van der Waals surface area contributed by atoms with Crippen molar-refractivity contribution in [1.29, 1.82) is 0 Å². The molecule has 3 rings (SSSR count). The van der Waals surface area contributed by atoms with Gasteiger partial charge in [0.05, 0.1) is 14.2 Å². The second-order valence-electron chi connectivity index (χ2n) is 6.00. The lowest BCUT2D eigenvalue weighted by atomic mass is 9.82. The Hall–Kier alpha value is -2.55. The molecule has 0 spiro atoms. The van der Waals surface area contributed by atoms with E-state index in [1.54, 1.807) is 26.4 Å². The number of rotatable bonds is 5. The van der Waals surface area contributed by atoms with E-state index in [4.69, 9.17) is 9.47 Å². The number of carbonyl (C=O) groups excluding carboxylic acids is 1. The summed E-state index contributed by atoms with van der Waals surface area (Å²) < 4.78 is 10.5. The van der Waals surface area contributed by atoms with Crippen LogP contribution in [0, 0.1) is 5.92 Å². The monoisotopic (exact) mass is 322 g/mol. The van der Waals surface area contributed by atoms with Crippen molar-refractivity contribution in [1.82, 2.24) is 0 Å². The van der Waals surface area contributed by atoms with Crippen LogP contribution < -0.4 is 9.47 Å². The maximum absolute atomic E-state index is 12.8. The van der Waals surface area contributed by atoms with E-state index in [0.717, 1.165) is 19.3 Å². The summed E-state index contributed by atoms with van der Waals surface area (Å²) in [5.74, 6) is 1.46. The second-order valence-corrected chi connectivity index (χ2v) is 6.00. The SMILES string of the molecule is COc1ccc(C(=O)C2CC=C(c3ccccc3)CC2)cc1OC. The highest BCUT2D eigenvalue weighted by Gasteiger charge is 2.24. The summed E-state index contributed by atoms with van der Waals surface area (Å²) in [5, 5.41) is 0. The van der Waals surface area contributed by atoms with E-state index in [-0.39, 0.29) is 11.7 Å². The molecule has 1 atom stereocenters. The van der Waals surface area contributed by atoms with Gasteiger partial charge in [-0.2, -0.15) is 0 Å². The van der Waals surface area contributed by atoms with Crippen molar-refractivity contribution in [3.8, 4) is 11.5 Å². The third-order valence-electron chi connectivity index (χ3n) is 4.59. The molecule has 0 saturated heterocycles. The highest BCUT2D eigenvalue weighted by molar-refractivity contribution is 5.99. The maximum atomic E-state index is 12.8. The Morgan fingerprint density at radius 2 is 1.75 bits per heavy atom. The van der Waals surface area contributed by atoms with E-state index in [0.29, 0.717) is 17.1 Å². The maximum Gasteiger partial charge on any atom is 0.166 e. The molecule has 24 heavy (non-hydrogen) atoms. The van der Waals surface area contributed by atoms with E-state index < -0.39 is 0 Å². The van der Waals surface area contributed by atoms with Crippen LogP contribution in [0.15, 0.2) is 54.6 Å². The molecule has 2 aromatic carbocycles. The molecule has 0 fully saturated rings. The summed E-state index contributed by atoms with van der Waals surface area (Å²) in [4.78, 5) is 12.8. The van der Waals surface area contributed by atoms with Gasteiger partial charge < -0.3 is 9.47 Å². The van der Waals surface area contributed by atoms with Gasteiger partial charge in [0.15, 0.2) is 17.3 Å². The minimum absolute atomic E-state index is 0.0376. The Morgan fingerprint density at radius 1 is 1.00 bits per heavy atom. The van der Waals surface area contributed by atoms with E-state index in [1.807, 2.05) is 12.1 Å². The topological polar surface area (TPSA) is 35.5 Å². The standard InChI is InChI=1S/C21H22O3/c1-23-19-13-12-18(14-20(19)24-2)21(22)17-10-8-16(9-11-17)15-6-4-3-5-7-15/h3-8,12-14,17H,9-11H2,1-2H3. The first kappa shape index (κ1) is 16.3. The molecule has 0 amide bonds. The van der Waals surface area contributed by atoms with Crippen molar-refractivity contribution in [3.05, 3.63) is 65.7 Å². The zero-order chi connectivity index (χ0) is 16.9. The predicted octanol–water partition coefficient (Wildman–Crippen LogP) is 4.77. The molecule has 1 aliphatic rings. The van der Waals surface area contributed by atoms with Gasteiger partial charge in [0.25, 0.3) is 0 Å². The van der Waals surface area contributed by atoms with Gasteiger partial charge >= 0.3 is 0 Å². The minimum Gasteiger partial charge on any atom is -0.493 e. The summed E-state index contributed by atoms with van der Waals surface area (Å²) in [6.07, 6.45) is 4.82. The molecule has 0 heterocycles. The predicted molar refractivity (Wildman–Crippen MR) is 95.6 cm³/mol. The van der Waals surface area contributed by atoms with Crippen LogP contribution in [-0.4, -0.2) is 20.0 Å². The number of carbonyl (C=O) groups is 1. The van der Waals surface area contributed by atoms with Gasteiger partial charge in [0.1, 0.15) is 0 Å². The molecule has 0 N–H and O–H groups in total. The Labute approximate surface area is 142 Å². The molecule has 1 unspecified atom stereocenters. The smallest absolute Gasteiger partial charge is 0.166 e. The van der Waals surface area contributed by atoms with Gasteiger partial charge in [-0.1, -0.05) is 36.4 Å². The van der Waals surface area contributed by atoms with Gasteiger partial charge in [-0.3, -0.25) is 4.79 Å². The van der Waals surface area contributed by atoms with E-state index in [1.165, 1.54) is 11.1 Å². The second kappa shape index (κ2) is 7.35. The fraction of sp³-hybridized carbons (Fsp3) is 0.286. The van der Waals surface area contributed by atoms with Crippen molar-refractivity contribution in [2.24, 2.45) is 5.92 Å². The van der Waals surface area contributed by atoms with E-state index >= 15 is 0 Å². The van der Waals surface area contributed by atoms with Gasteiger partial charge in [0, 0.05) is 11.5 Å². The average molecular weight is 322 g/mol. The molecule has 2 aromatic rings. The highest BCUT2D eigenvalue weighted by Crippen LogP contribution is 2.34. The number of Topliss-reactive ketones (excluding diaryl/α,β-unsaturated/α-hetero) is 1. The summed E-state index contributed by atoms with van der Waals surface area (Å²) in [6, 6.07) is 15.8.